The summed E-state index contributed by atoms with van der Waals surface area (Å²) in [5.74, 6) is 0.367. The van der Waals surface area contributed by atoms with Gasteiger partial charge in [0.1, 0.15) is 17.4 Å². The van der Waals surface area contributed by atoms with Gasteiger partial charge >= 0.3 is 0 Å². The third-order valence-electron chi connectivity index (χ3n) is 4.54. The third kappa shape index (κ3) is 4.56. The van der Waals surface area contributed by atoms with Crippen LogP contribution in [0.3, 0.4) is 0 Å². The van der Waals surface area contributed by atoms with E-state index < -0.39 is 5.91 Å². The van der Waals surface area contributed by atoms with Crippen molar-refractivity contribution in [3.8, 4) is 11.8 Å². The Morgan fingerprint density at radius 1 is 1.14 bits per heavy atom. The van der Waals surface area contributed by atoms with Crippen molar-refractivity contribution >= 4 is 28.9 Å². The molecule has 28 heavy (non-hydrogen) atoms. The molecule has 0 aromatic heterocycles. The van der Waals surface area contributed by atoms with E-state index in [0.717, 1.165) is 24.5 Å². The van der Waals surface area contributed by atoms with Gasteiger partial charge in [-0.25, -0.2) is 0 Å². The van der Waals surface area contributed by atoms with Crippen molar-refractivity contribution in [1.29, 1.82) is 5.26 Å². The summed E-state index contributed by atoms with van der Waals surface area (Å²) in [6.07, 6.45) is 1.62. The topological polar surface area (TPSA) is 68.6 Å². The lowest BCUT2D eigenvalue weighted by Crippen LogP contribution is -2.44. The minimum atomic E-state index is -0.470. The fraction of sp³-hybridized carbons (Fsp3) is 0.238. The van der Waals surface area contributed by atoms with Crippen LogP contribution in [-0.2, 0) is 4.79 Å². The lowest BCUT2D eigenvalue weighted by atomic mass is 10.2. The van der Waals surface area contributed by atoms with Crippen LogP contribution in [0.5, 0.6) is 5.75 Å². The Morgan fingerprint density at radius 3 is 2.50 bits per heavy atom. The van der Waals surface area contributed by atoms with Gasteiger partial charge in [-0.15, -0.1) is 0 Å². The Bertz CT molecular complexity index is 915. The zero-order valence-corrected chi connectivity index (χ0v) is 16.3. The molecule has 7 heteroatoms. The molecule has 0 atom stereocenters. The highest BCUT2D eigenvalue weighted by Gasteiger charge is 2.20. The maximum Gasteiger partial charge on any atom is 0.267 e. The van der Waals surface area contributed by atoms with Crippen LogP contribution in [0.1, 0.15) is 0 Å². The summed E-state index contributed by atoms with van der Waals surface area (Å²) in [6, 6.07) is 16.8. The van der Waals surface area contributed by atoms with Crippen LogP contribution in [-0.4, -0.2) is 44.1 Å². The second-order valence-electron chi connectivity index (χ2n) is 6.28. The Kier molecular flexibility index (Phi) is 6.41. The number of nitrogens with zero attached hydrogens (tertiary/aromatic N) is 3. The molecular weight excluding hydrogens is 376 g/mol. The Hall–Kier alpha value is -3.17. The summed E-state index contributed by atoms with van der Waals surface area (Å²) in [4.78, 5) is 16.6. The number of nitriles is 1. The minimum absolute atomic E-state index is 0.0469. The van der Waals surface area contributed by atoms with Gasteiger partial charge in [-0.3, -0.25) is 4.79 Å². The molecule has 1 fully saturated rings. The van der Waals surface area contributed by atoms with Gasteiger partial charge < -0.3 is 19.9 Å². The molecule has 1 saturated heterocycles. The van der Waals surface area contributed by atoms with E-state index in [0.29, 0.717) is 23.8 Å². The van der Waals surface area contributed by atoms with Gasteiger partial charge in [-0.2, -0.15) is 5.26 Å². The average Bonchev–Trinajstić information content (AvgIpc) is 2.74. The van der Waals surface area contributed by atoms with Crippen LogP contribution in [0.4, 0.5) is 11.4 Å². The number of carbonyl (C=O) groups is 1. The summed E-state index contributed by atoms with van der Waals surface area (Å²) >= 11 is 6.06. The Balaban J connectivity index is 1.64. The molecule has 0 bridgehead atoms. The second-order valence-corrected chi connectivity index (χ2v) is 6.69. The summed E-state index contributed by atoms with van der Waals surface area (Å²) in [7, 11) is 1.66. The first-order valence-corrected chi connectivity index (χ1v) is 9.30. The van der Waals surface area contributed by atoms with E-state index in [1.54, 1.807) is 37.6 Å². The van der Waals surface area contributed by atoms with Crippen molar-refractivity contribution in [3.63, 3.8) is 0 Å². The van der Waals surface area contributed by atoms with Crippen molar-refractivity contribution in [1.82, 2.24) is 4.90 Å². The molecule has 3 rings (SSSR count). The SMILES string of the molecule is COc1ccccc1N1CCN(/C=C(/C#N)C(=O)Nc2ccccc2Cl)CC1. The molecule has 2 aromatic carbocycles. The summed E-state index contributed by atoms with van der Waals surface area (Å²) in [6.45, 7) is 2.93. The third-order valence-corrected chi connectivity index (χ3v) is 4.87. The predicted octanol–water partition coefficient (Wildman–Crippen LogP) is 3.52. The molecule has 0 saturated carbocycles. The molecule has 1 aliphatic heterocycles. The number of hydrogen-bond acceptors (Lipinski definition) is 5. The molecule has 144 valence electrons. The number of rotatable bonds is 5. The number of hydrogen-bond donors (Lipinski definition) is 1. The van der Waals surface area contributed by atoms with Gasteiger partial charge in [-0.1, -0.05) is 35.9 Å². The monoisotopic (exact) mass is 396 g/mol. The van der Waals surface area contributed by atoms with Crippen molar-refractivity contribution in [3.05, 3.63) is 65.3 Å². The highest BCUT2D eigenvalue weighted by Crippen LogP contribution is 2.28. The van der Waals surface area contributed by atoms with Crippen LogP contribution in [0.25, 0.3) is 0 Å². The fourth-order valence-corrected chi connectivity index (χ4v) is 3.24. The molecule has 1 N–H and O–H groups in total. The number of para-hydroxylation sites is 3. The predicted molar refractivity (Wildman–Crippen MR) is 111 cm³/mol. The number of amides is 1. The molecule has 0 radical (unpaired) electrons. The smallest absolute Gasteiger partial charge is 0.267 e. The zero-order chi connectivity index (χ0) is 19.9. The van der Waals surface area contributed by atoms with Gasteiger partial charge in [0.2, 0.25) is 0 Å². The quantitative estimate of drug-likeness (QED) is 0.618. The van der Waals surface area contributed by atoms with E-state index in [1.807, 2.05) is 35.2 Å². The van der Waals surface area contributed by atoms with E-state index in [4.69, 9.17) is 16.3 Å². The largest absolute Gasteiger partial charge is 0.495 e. The van der Waals surface area contributed by atoms with E-state index in [-0.39, 0.29) is 5.57 Å². The standard InChI is InChI=1S/C21H21ClN4O2/c1-28-20-9-5-4-8-19(20)26-12-10-25(11-13-26)15-16(14-23)21(27)24-18-7-3-2-6-17(18)22/h2-9,15H,10-13H2,1H3,(H,24,27)/b16-15-. The maximum atomic E-state index is 12.4. The van der Waals surface area contributed by atoms with E-state index in [2.05, 4.69) is 10.2 Å². The van der Waals surface area contributed by atoms with Gasteiger partial charge in [0, 0.05) is 32.4 Å². The molecule has 2 aromatic rings. The van der Waals surface area contributed by atoms with Crippen LogP contribution in [0, 0.1) is 11.3 Å². The van der Waals surface area contributed by atoms with Gasteiger partial charge in [0.05, 0.1) is 23.5 Å². The van der Waals surface area contributed by atoms with Crippen LogP contribution in [0.15, 0.2) is 60.3 Å². The maximum absolute atomic E-state index is 12.4. The van der Waals surface area contributed by atoms with Crippen molar-refractivity contribution in [2.75, 3.05) is 43.5 Å². The minimum Gasteiger partial charge on any atom is -0.495 e. The lowest BCUT2D eigenvalue weighted by molar-refractivity contribution is -0.112. The first-order valence-electron chi connectivity index (χ1n) is 8.92. The number of halogens is 1. The number of ether oxygens (including phenoxy) is 1. The van der Waals surface area contributed by atoms with Crippen LogP contribution < -0.4 is 15.0 Å². The summed E-state index contributed by atoms with van der Waals surface area (Å²) in [5.41, 5.74) is 1.58. The Labute approximate surface area is 169 Å². The van der Waals surface area contributed by atoms with Gasteiger partial charge in [-0.05, 0) is 24.3 Å². The van der Waals surface area contributed by atoms with E-state index >= 15 is 0 Å². The molecule has 1 heterocycles. The second kappa shape index (κ2) is 9.16. The average molecular weight is 397 g/mol. The number of carbonyl (C=O) groups excluding carboxylic acids is 1. The van der Waals surface area contributed by atoms with Gasteiger partial charge in [0.25, 0.3) is 5.91 Å². The highest BCUT2D eigenvalue weighted by molar-refractivity contribution is 6.33. The molecule has 1 aliphatic rings. The summed E-state index contributed by atoms with van der Waals surface area (Å²) < 4.78 is 5.43. The number of anilines is 2. The molecule has 0 spiro atoms. The summed E-state index contributed by atoms with van der Waals surface area (Å²) in [5, 5.41) is 12.5. The molecule has 1 amide bonds. The first-order chi connectivity index (χ1) is 13.6. The lowest BCUT2D eigenvalue weighted by Gasteiger charge is -2.36. The molecular formula is C21H21ClN4O2. The normalized spacial score (nSPS) is 14.4. The molecule has 6 nitrogen and oxygen atoms in total. The molecule has 0 aliphatic carbocycles. The molecule has 0 unspecified atom stereocenters. The highest BCUT2D eigenvalue weighted by atomic mass is 35.5. The first kappa shape index (κ1) is 19.6. The van der Waals surface area contributed by atoms with E-state index in [1.165, 1.54) is 0 Å². The number of piperazine rings is 1. The Morgan fingerprint density at radius 2 is 1.82 bits per heavy atom. The van der Waals surface area contributed by atoms with Gasteiger partial charge in [0.15, 0.2) is 0 Å². The number of nitrogens with one attached hydrogen (secondary N) is 1. The zero-order valence-electron chi connectivity index (χ0n) is 15.6. The fourth-order valence-electron chi connectivity index (χ4n) is 3.06. The number of benzene rings is 2. The van der Waals surface area contributed by atoms with Crippen molar-refractivity contribution in [2.24, 2.45) is 0 Å². The van der Waals surface area contributed by atoms with Crippen molar-refractivity contribution < 1.29 is 9.53 Å². The van der Waals surface area contributed by atoms with Crippen molar-refractivity contribution in [2.45, 2.75) is 0 Å². The number of methoxy groups -OCH3 is 1. The van der Waals surface area contributed by atoms with E-state index in [9.17, 15) is 10.1 Å². The van der Waals surface area contributed by atoms with Crippen LogP contribution >= 0.6 is 11.6 Å². The van der Waals surface area contributed by atoms with Crippen LogP contribution in [0.2, 0.25) is 5.02 Å².